The summed E-state index contributed by atoms with van der Waals surface area (Å²) in [7, 11) is -0.625. The average molecular weight is 462 g/mol. The maximum atomic E-state index is 14.9. The van der Waals surface area contributed by atoms with Gasteiger partial charge in [0, 0.05) is 38.1 Å². The molecule has 10 nitrogen and oxygen atoms in total. The summed E-state index contributed by atoms with van der Waals surface area (Å²) in [6.45, 7) is 2.56. The Balaban J connectivity index is 1.89. The van der Waals surface area contributed by atoms with E-state index in [9.17, 15) is 19.1 Å². The highest BCUT2D eigenvalue weighted by molar-refractivity contribution is 7.39. The van der Waals surface area contributed by atoms with E-state index in [4.69, 9.17) is 14.3 Å². The van der Waals surface area contributed by atoms with E-state index < -0.39 is 31.4 Å². The number of halogens is 1. The lowest BCUT2D eigenvalue weighted by molar-refractivity contribution is 0.0695. The number of piperazine rings is 1. The van der Waals surface area contributed by atoms with Gasteiger partial charge < -0.3 is 33.8 Å². The molecule has 0 atom stereocenters. The lowest BCUT2D eigenvalue weighted by atomic mass is 10.1. The van der Waals surface area contributed by atoms with Crippen LogP contribution in [0.2, 0.25) is 0 Å². The van der Waals surface area contributed by atoms with Crippen LogP contribution < -0.4 is 14.9 Å². The van der Waals surface area contributed by atoms with Crippen LogP contribution >= 0.6 is 8.60 Å². The minimum absolute atomic E-state index is 0.0907. The van der Waals surface area contributed by atoms with Crippen LogP contribution in [0.5, 0.6) is 5.75 Å². The van der Waals surface area contributed by atoms with Crippen molar-refractivity contribution in [2.24, 2.45) is 0 Å². The first-order valence-corrected chi connectivity index (χ1v) is 10.8. The minimum atomic E-state index is -2.59. The molecule has 4 rings (SSSR count). The molecular formula is C20H20FN4O6P. The van der Waals surface area contributed by atoms with Crippen LogP contribution in [0.4, 0.5) is 10.2 Å². The molecule has 32 heavy (non-hydrogen) atoms. The number of rotatable bonds is 5. The van der Waals surface area contributed by atoms with Crippen molar-refractivity contribution in [1.29, 1.82) is 0 Å². The highest BCUT2D eigenvalue weighted by Gasteiger charge is 2.23. The molecule has 0 spiro atoms. The molecule has 3 aromatic rings. The number of hydrogen-bond acceptors (Lipinski definition) is 8. The first-order chi connectivity index (χ1) is 15.2. The predicted molar refractivity (Wildman–Crippen MR) is 116 cm³/mol. The van der Waals surface area contributed by atoms with Gasteiger partial charge in [-0.1, -0.05) is 0 Å². The smallest absolute Gasteiger partial charge is 0.391 e. The van der Waals surface area contributed by atoms with Gasteiger partial charge in [-0.3, -0.25) is 4.79 Å². The standard InChI is InChI=1S/C20H20FN4O6P/c1-23-6-8-24(9-7-23)19-16(21)10-14-17(26)15(20(27)28)11-25(18(14)22-19)12-2-4-13(5-3-12)31-32(29)30/h2-5,10-11,29-30H,6-9H2,1H3,(H,27,28). The maximum Gasteiger partial charge on any atom is 0.391 e. The van der Waals surface area contributed by atoms with E-state index in [2.05, 4.69) is 9.88 Å². The summed E-state index contributed by atoms with van der Waals surface area (Å²) < 4.78 is 21.2. The summed E-state index contributed by atoms with van der Waals surface area (Å²) in [6.07, 6.45) is 1.15. The van der Waals surface area contributed by atoms with Crippen LogP contribution in [0.3, 0.4) is 0 Å². The quantitative estimate of drug-likeness (QED) is 0.484. The fourth-order valence-corrected chi connectivity index (χ4v) is 3.88. The molecule has 0 aliphatic carbocycles. The summed E-state index contributed by atoms with van der Waals surface area (Å²) in [5.41, 5.74) is -0.823. The molecule has 1 fully saturated rings. The van der Waals surface area contributed by atoms with Crippen LogP contribution in [0.25, 0.3) is 16.7 Å². The third-order valence-electron chi connectivity index (χ3n) is 5.25. The number of hydrogen-bond donors (Lipinski definition) is 3. The van der Waals surface area contributed by atoms with Crippen molar-refractivity contribution in [2.45, 2.75) is 0 Å². The molecule has 3 N–H and O–H groups in total. The first kappa shape index (κ1) is 22.1. The van der Waals surface area contributed by atoms with Gasteiger partial charge in [0.15, 0.2) is 17.3 Å². The van der Waals surface area contributed by atoms with Gasteiger partial charge >= 0.3 is 14.6 Å². The molecule has 0 saturated carbocycles. The van der Waals surface area contributed by atoms with Gasteiger partial charge in [-0.25, -0.2) is 14.2 Å². The average Bonchev–Trinajstić information content (AvgIpc) is 2.75. The number of carboxylic acids is 1. The third kappa shape index (κ3) is 4.28. The van der Waals surface area contributed by atoms with E-state index in [0.717, 1.165) is 25.4 Å². The summed E-state index contributed by atoms with van der Waals surface area (Å²) >= 11 is 0. The van der Waals surface area contributed by atoms with Gasteiger partial charge in [-0.2, -0.15) is 0 Å². The van der Waals surface area contributed by atoms with Crippen LogP contribution in [-0.2, 0) is 0 Å². The number of aromatic nitrogens is 2. The first-order valence-electron chi connectivity index (χ1n) is 9.63. The second-order valence-electron chi connectivity index (χ2n) is 7.34. The minimum Gasteiger partial charge on any atom is -0.477 e. The van der Waals surface area contributed by atoms with Crippen LogP contribution in [0, 0.1) is 5.82 Å². The molecule has 168 valence electrons. The Morgan fingerprint density at radius 1 is 1.16 bits per heavy atom. The molecule has 0 unspecified atom stereocenters. The topological polar surface area (TPSA) is 128 Å². The molecule has 1 aliphatic heterocycles. The van der Waals surface area contributed by atoms with Gasteiger partial charge in [0.25, 0.3) is 0 Å². The summed E-state index contributed by atoms with van der Waals surface area (Å²) in [5.74, 6) is -1.87. The number of aromatic carboxylic acids is 1. The highest BCUT2D eigenvalue weighted by atomic mass is 31.2. The lowest BCUT2D eigenvalue weighted by Gasteiger charge is -2.33. The number of fused-ring (bicyclic) bond motifs is 1. The Morgan fingerprint density at radius 2 is 1.81 bits per heavy atom. The van der Waals surface area contributed by atoms with Crippen LogP contribution in [0.1, 0.15) is 10.4 Å². The fraction of sp³-hybridized carbons (Fsp3) is 0.250. The summed E-state index contributed by atoms with van der Waals surface area (Å²) in [5, 5.41) is 9.32. The molecule has 1 aliphatic rings. The van der Waals surface area contributed by atoms with Crippen molar-refractivity contribution in [3.8, 4) is 11.4 Å². The molecule has 0 amide bonds. The largest absolute Gasteiger partial charge is 0.477 e. The molecule has 1 saturated heterocycles. The van der Waals surface area contributed by atoms with Gasteiger partial charge in [-0.15, -0.1) is 0 Å². The van der Waals surface area contributed by atoms with E-state index >= 15 is 0 Å². The van der Waals surface area contributed by atoms with E-state index in [1.807, 2.05) is 7.05 Å². The molecule has 1 aromatic carbocycles. The van der Waals surface area contributed by atoms with Crippen molar-refractivity contribution >= 4 is 31.4 Å². The normalized spacial score (nSPS) is 14.8. The number of carbonyl (C=O) groups is 1. The number of likely N-dealkylation sites (N-methyl/N-ethyl adjacent to an activating group) is 1. The molecule has 0 bridgehead atoms. The molecule has 0 radical (unpaired) electrons. The Bertz CT molecular complexity index is 1230. The van der Waals surface area contributed by atoms with Crippen molar-refractivity contribution < 1.29 is 28.6 Å². The monoisotopic (exact) mass is 462 g/mol. The second-order valence-corrected chi connectivity index (χ2v) is 8.03. The van der Waals surface area contributed by atoms with Crippen molar-refractivity contribution in [3.05, 3.63) is 58.1 Å². The lowest BCUT2D eigenvalue weighted by Crippen LogP contribution is -2.45. The third-order valence-corrected chi connectivity index (χ3v) is 5.62. The Labute approximate surface area is 182 Å². The Hall–Kier alpha value is -3.11. The predicted octanol–water partition coefficient (Wildman–Crippen LogP) is 1.57. The Morgan fingerprint density at radius 3 is 2.41 bits per heavy atom. The maximum absolute atomic E-state index is 14.9. The number of nitrogens with zero attached hydrogens (tertiary/aromatic N) is 4. The molecular weight excluding hydrogens is 442 g/mol. The SMILES string of the molecule is CN1CCN(c2nc3c(cc2F)c(=O)c(C(=O)O)cn3-c2ccc(OP(O)O)cc2)CC1. The number of carboxylic acid groups (broad SMARTS) is 1. The zero-order valence-corrected chi connectivity index (χ0v) is 17.9. The van der Waals surface area contributed by atoms with Crippen LogP contribution in [-0.4, -0.2) is 68.5 Å². The number of benzene rings is 1. The Kier molecular flexibility index (Phi) is 6.07. The van der Waals surface area contributed by atoms with E-state index in [1.54, 1.807) is 4.90 Å². The molecule has 3 heterocycles. The van der Waals surface area contributed by atoms with Gasteiger partial charge in [0.05, 0.1) is 5.39 Å². The molecule has 2 aromatic heterocycles. The van der Waals surface area contributed by atoms with E-state index in [0.29, 0.717) is 18.8 Å². The second kappa shape index (κ2) is 8.79. The zero-order valence-electron chi connectivity index (χ0n) is 17.0. The molecule has 12 heteroatoms. The summed E-state index contributed by atoms with van der Waals surface area (Å²) in [4.78, 5) is 50.7. The van der Waals surface area contributed by atoms with Crippen molar-refractivity contribution in [1.82, 2.24) is 14.5 Å². The summed E-state index contributed by atoms with van der Waals surface area (Å²) in [6, 6.07) is 7.00. The fourth-order valence-electron chi connectivity index (χ4n) is 3.57. The highest BCUT2D eigenvalue weighted by Crippen LogP contribution is 2.30. The van der Waals surface area contributed by atoms with Gasteiger partial charge in [-0.05, 0) is 37.4 Å². The van der Waals surface area contributed by atoms with Crippen molar-refractivity contribution in [2.75, 3.05) is 38.1 Å². The number of anilines is 1. The van der Waals surface area contributed by atoms with E-state index in [1.165, 1.54) is 28.8 Å². The van der Waals surface area contributed by atoms with E-state index in [-0.39, 0.29) is 22.6 Å². The zero-order chi connectivity index (χ0) is 23.0. The number of pyridine rings is 2. The van der Waals surface area contributed by atoms with Crippen molar-refractivity contribution in [3.63, 3.8) is 0 Å². The van der Waals surface area contributed by atoms with Gasteiger partial charge in [0.2, 0.25) is 5.43 Å². The van der Waals surface area contributed by atoms with Crippen LogP contribution in [0.15, 0.2) is 41.3 Å². The van der Waals surface area contributed by atoms with Gasteiger partial charge in [0.1, 0.15) is 11.3 Å².